The molecule has 0 atom stereocenters. The lowest BCUT2D eigenvalue weighted by Crippen LogP contribution is -2.24. The van der Waals surface area contributed by atoms with Crippen LogP contribution in [0, 0.1) is 5.82 Å². The summed E-state index contributed by atoms with van der Waals surface area (Å²) in [6.07, 6.45) is 8.57. The van der Waals surface area contributed by atoms with Gasteiger partial charge in [0.25, 0.3) is 0 Å². The second kappa shape index (κ2) is 16.3. The highest BCUT2D eigenvalue weighted by atomic mass is 19.1. The van der Waals surface area contributed by atoms with Crippen molar-refractivity contribution in [3.05, 3.63) is 209 Å². The molecular weight excluding hydrogens is 762 g/mol. The Balaban J connectivity index is 1.02. The molecule has 0 fully saturated rings. The Morgan fingerprint density at radius 1 is 0.500 bits per heavy atom. The minimum absolute atomic E-state index is 0.150. The van der Waals surface area contributed by atoms with Gasteiger partial charge in [-0.25, -0.2) is 4.39 Å². The van der Waals surface area contributed by atoms with Crippen LogP contribution in [0.2, 0.25) is 0 Å². The summed E-state index contributed by atoms with van der Waals surface area (Å²) in [5.41, 5.74) is 13.5. The summed E-state index contributed by atoms with van der Waals surface area (Å²) in [5.74, 6) is -0.572. The first-order valence-electron chi connectivity index (χ1n) is 22.0. The molecule has 0 aliphatic carbocycles. The molecule has 0 aliphatic heterocycles. The fourth-order valence-electron chi connectivity index (χ4n) is 9.03. The van der Waals surface area contributed by atoms with E-state index in [0.29, 0.717) is 21.9 Å². The molecule has 5 aromatic carbocycles. The van der Waals surface area contributed by atoms with E-state index in [-0.39, 0.29) is 22.3 Å². The van der Waals surface area contributed by atoms with Gasteiger partial charge >= 0.3 is 0 Å². The standard InChI is InChI=1S/C57H52FN3O/c1-55(2,43-23-26-49(59-35-43)41-15-9-7-10-16-41)32-38-29-39(33-56(3,4)44-24-27-50(60-36-44)42-17-11-8-12-18-42)31-40(30-38)34-57(5,6)45-25-28-51(61-37-45)46-19-13-20-47-53-48(58)21-14-22-52(53)62-54(46)47/h7-31,35-37H,32-34H2,1-6H3/i21D. The number of para-hydroxylation sites is 1. The van der Waals surface area contributed by atoms with Crippen LogP contribution in [0.15, 0.2) is 175 Å². The molecule has 0 N–H and O–H groups in total. The molecule has 0 bridgehead atoms. The number of hydrogen-bond acceptors (Lipinski definition) is 4. The van der Waals surface area contributed by atoms with Crippen LogP contribution in [0.25, 0.3) is 55.7 Å². The van der Waals surface area contributed by atoms with Crippen molar-refractivity contribution in [1.29, 1.82) is 0 Å². The molecule has 62 heavy (non-hydrogen) atoms. The second-order valence-corrected chi connectivity index (χ2v) is 18.7. The molecule has 4 heterocycles. The minimum Gasteiger partial charge on any atom is -0.455 e. The SMILES string of the molecule is [2H]c1ccc2oc3c(-c4ccc(C(C)(C)Cc5cc(CC(C)(C)c6ccc(-c7ccccc7)nc6)cc(CC(C)(C)c6ccc(-c7ccccc7)nc6)c5)cn4)cccc3c2c1F. The van der Waals surface area contributed by atoms with E-state index in [1.807, 2.05) is 79.3 Å². The summed E-state index contributed by atoms with van der Waals surface area (Å²) in [6, 6.07) is 49.4. The molecule has 308 valence electrons. The van der Waals surface area contributed by atoms with Gasteiger partial charge < -0.3 is 4.42 Å². The molecule has 0 amide bonds. The van der Waals surface area contributed by atoms with E-state index in [2.05, 4.69) is 114 Å². The van der Waals surface area contributed by atoms with Gasteiger partial charge in [-0.2, -0.15) is 0 Å². The summed E-state index contributed by atoms with van der Waals surface area (Å²) in [5, 5.41) is 0.976. The average molecular weight is 815 g/mol. The van der Waals surface area contributed by atoms with Crippen LogP contribution in [0.4, 0.5) is 4.39 Å². The molecule has 0 radical (unpaired) electrons. The average Bonchev–Trinajstić information content (AvgIpc) is 3.67. The van der Waals surface area contributed by atoms with Gasteiger partial charge in [0.05, 0.1) is 23.8 Å². The van der Waals surface area contributed by atoms with E-state index in [0.717, 1.165) is 58.6 Å². The number of aromatic nitrogens is 3. The maximum atomic E-state index is 15.1. The van der Waals surface area contributed by atoms with E-state index in [1.165, 1.54) is 33.9 Å². The third kappa shape index (κ3) is 8.32. The smallest absolute Gasteiger partial charge is 0.144 e. The zero-order valence-electron chi connectivity index (χ0n) is 37.3. The molecule has 0 aliphatic rings. The molecule has 4 aromatic heterocycles. The highest BCUT2D eigenvalue weighted by molar-refractivity contribution is 6.09. The van der Waals surface area contributed by atoms with Gasteiger partial charge in [-0.05, 0) is 105 Å². The maximum absolute atomic E-state index is 15.1. The Hall–Kier alpha value is -6.72. The molecule has 5 heteroatoms. The number of hydrogen-bond donors (Lipinski definition) is 0. The zero-order valence-corrected chi connectivity index (χ0v) is 36.3. The van der Waals surface area contributed by atoms with Crippen LogP contribution in [-0.4, -0.2) is 15.0 Å². The Bertz CT molecular complexity index is 2930. The number of nitrogens with zero attached hydrogens (tertiary/aromatic N) is 3. The van der Waals surface area contributed by atoms with E-state index >= 15 is 4.39 Å². The Labute approximate surface area is 366 Å². The number of furan rings is 1. The summed E-state index contributed by atoms with van der Waals surface area (Å²) in [7, 11) is 0. The van der Waals surface area contributed by atoms with Crippen molar-refractivity contribution in [1.82, 2.24) is 15.0 Å². The van der Waals surface area contributed by atoms with Crippen LogP contribution < -0.4 is 0 Å². The number of benzene rings is 5. The van der Waals surface area contributed by atoms with E-state index in [1.54, 1.807) is 6.07 Å². The van der Waals surface area contributed by atoms with Gasteiger partial charge in [0.2, 0.25) is 0 Å². The largest absolute Gasteiger partial charge is 0.455 e. The van der Waals surface area contributed by atoms with Gasteiger partial charge in [-0.15, -0.1) is 0 Å². The Morgan fingerprint density at radius 3 is 1.39 bits per heavy atom. The lowest BCUT2D eigenvalue weighted by Gasteiger charge is -2.30. The van der Waals surface area contributed by atoms with Gasteiger partial charge in [0.1, 0.15) is 17.0 Å². The molecule has 0 spiro atoms. The van der Waals surface area contributed by atoms with Crippen LogP contribution in [0.5, 0.6) is 0 Å². The van der Waals surface area contributed by atoms with Crippen LogP contribution in [-0.2, 0) is 35.5 Å². The third-order valence-electron chi connectivity index (χ3n) is 12.5. The molecule has 0 saturated heterocycles. The minimum atomic E-state index is -0.572. The van der Waals surface area contributed by atoms with Gasteiger partial charge in [-0.1, -0.05) is 157 Å². The van der Waals surface area contributed by atoms with Gasteiger partial charge in [0.15, 0.2) is 0 Å². The summed E-state index contributed by atoms with van der Waals surface area (Å²) >= 11 is 0. The van der Waals surface area contributed by atoms with Crippen LogP contribution >= 0.6 is 0 Å². The van der Waals surface area contributed by atoms with Gasteiger partial charge in [0, 0.05) is 40.7 Å². The molecule has 0 saturated carbocycles. The third-order valence-corrected chi connectivity index (χ3v) is 12.5. The lowest BCUT2D eigenvalue weighted by atomic mass is 9.75. The van der Waals surface area contributed by atoms with Gasteiger partial charge in [-0.3, -0.25) is 15.0 Å². The zero-order chi connectivity index (χ0) is 43.9. The molecule has 9 aromatic rings. The highest BCUT2D eigenvalue weighted by Gasteiger charge is 2.28. The topological polar surface area (TPSA) is 51.8 Å². The monoisotopic (exact) mass is 814 g/mol. The fourth-order valence-corrected chi connectivity index (χ4v) is 9.03. The van der Waals surface area contributed by atoms with E-state index in [4.69, 9.17) is 20.7 Å². The van der Waals surface area contributed by atoms with Crippen LogP contribution in [0.1, 0.15) is 76.3 Å². The summed E-state index contributed by atoms with van der Waals surface area (Å²) < 4.78 is 29.3. The van der Waals surface area contributed by atoms with Crippen LogP contribution in [0.3, 0.4) is 0 Å². The van der Waals surface area contributed by atoms with Crippen molar-refractivity contribution in [3.8, 4) is 33.8 Å². The normalized spacial score (nSPS) is 12.5. The van der Waals surface area contributed by atoms with E-state index < -0.39 is 5.82 Å². The molecule has 4 nitrogen and oxygen atoms in total. The van der Waals surface area contributed by atoms with Crippen molar-refractivity contribution in [2.45, 2.75) is 77.0 Å². The lowest BCUT2D eigenvalue weighted by molar-refractivity contribution is 0.505. The molecule has 0 unspecified atom stereocenters. The first-order valence-corrected chi connectivity index (χ1v) is 21.5. The number of halogens is 1. The quantitative estimate of drug-likeness (QED) is 0.123. The van der Waals surface area contributed by atoms with Crippen molar-refractivity contribution < 1.29 is 10.2 Å². The predicted octanol–water partition coefficient (Wildman–Crippen LogP) is 14.5. The Kier molecular flexibility index (Phi) is 10.4. The van der Waals surface area contributed by atoms with Crippen molar-refractivity contribution in [2.75, 3.05) is 0 Å². The summed E-state index contributed by atoms with van der Waals surface area (Å²) in [4.78, 5) is 14.8. The second-order valence-electron chi connectivity index (χ2n) is 18.7. The molecule has 9 rings (SSSR count). The Morgan fingerprint density at radius 2 is 0.952 bits per heavy atom. The molecular formula is C57H52FN3O. The highest BCUT2D eigenvalue weighted by Crippen LogP contribution is 2.38. The first-order chi connectivity index (χ1) is 30.2. The van der Waals surface area contributed by atoms with Crippen molar-refractivity contribution in [2.24, 2.45) is 0 Å². The predicted molar refractivity (Wildman–Crippen MR) is 253 cm³/mol. The fraction of sp³-hybridized carbons (Fsp3) is 0.211. The number of fused-ring (bicyclic) bond motifs is 3. The summed E-state index contributed by atoms with van der Waals surface area (Å²) in [6.45, 7) is 13.8. The van der Waals surface area contributed by atoms with Crippen molar-refractivity contribution >= 4 is 21.9 Å². The number of rotatable bonds is 12. The van der Waals surface area contributed by atoms with E-state index in [9.17, 15) is 0 Å². The number of pyridine rings is 3. The van der Waals surface area contributed by atoms with Crippen molar-refractivity contribution in [3.63, 3.8) is 0 Å². The maximum Gasteiger partial charge on any atom is 0.144 e. The first kappa shape index (κ1) is 39.4.